The monoisotopic (exact) mass is 561 g/mol. The standard InChI is InChI=1S/C31H47NO8/c1-16(2)10-18-6-7-20-19-8-9-22-21-14-38-15-31(22,23(19)11-24(33)27(20)26(18)29(34)35)12-25(40-30(36)37)28(21)39-13-17(3)32(4)5/h11,16-22,25-28H,6-10,12-15H2,1-5H3,(H,34,35)(H,36,37)/t17?,18?,19?,20?,21?,22?,25-,26-,27?,28-,31-/m1/s1. The molecule has 4 fully saturated rings. The fourth-order valence-electron chi connectivity index (χ4n) is 9.29. The lowest BCUT2D eigenvalue weighted by Crippen LogP contribution is -2.64. The first-order chi connectivity index (χ1) is 18.9. The fraction of sp³-hybridized carbons (Fsp3) is 0.839. The third-order valence-electron chi connectivity index (χ3n) is 11.1. The van der Waals surface area contributed by atoms with Gasteiger partial charge in [0.1, 0.15) is 6.10 Å². The van der Waals surface area contributed by atoms with E-state index in [-0.39, 0.29) is 41.4 Å². The highest BCUT2D eigenvalue weighted by Gasteiger charge is 2.64. The van der Waals surface area contributed by atoms with Gasteiger partial charge >= 0.3 is 12.1 Å². The Morgan fingerprint density at radius 1 is 1.12 bits per heavy atom. The lowest BCUT2D eigenvalue weighted by Gasteiger charge is -2.62. The molecule has 4 aliphatic carbocycles. The SMILES string of the molecule is CC(C)CC1CCC2C3CCC4C5COC[C@@]4(C[C@@H](OC(=O)O)[C@@H]5OCC(C)N(C)C)C3=CC(=O)C2[C@@H]1C(=O)O. The maximum Gasteiger partial charge on any atom is 0.506 e. The molecule has 9 heteroatoms. The van der Waals surface area contributed by atoms with Crippen LogP contribution < -0.4 is 0 Å². The third kappa shape index (κ3) is 5.11. The summed E-state index contributed by atoms with van der Waals surface area (Å²) in [5.41, 5.74) is 0.567. The summed E-state index contributed by atoms with van der Waals surface area (Å²) < 4.78 is 18.2. The second kappa shape index (κ2) is 11.4. The van der Waals surface area contributed by atoms with E-state index in [1.807, 2.05) is 14.1 Å². The van der Waals surface area contributed by atoms with Crippen LogP contribution in [0, 0.1) is 52.8 Å². The Bertz CT molecular complexity index is 1020. The fourth-order valence-corrected chi connectivity index (χ4v) is 9.29. The average Bonchev–Trinajstić information content (AvgIpc) is 2.87. The minimum atomic E-state index is -1.32. The molecule has 1 saturated heterocycles. The highest BCUT2D eigenvalue weighted by Crippen LogP contribution is 2.64. The number of carboxylic acid groups (broad SMARTS) is 2. The molecule has 0 amide bonds. The molecular formula is C31H47NO8. The summed E-state index contributed by atoms with van der Waals surface area (Å²) in [6.07, 6.45) is 4.15. The lowest BCUT2D eigenvalue weighted by atomic mass is 9.45. The van der Waals surface area contributed by atoms with Gasteiger partial charge in [-0.1, -0.05) is 19.4 Å². The highest BCUT2D eigenvalue weighted by atomic mass is 16.7. The van der Waals surface area contributed by atoms with Gasteiger partial charge in [-0.15, -0.1) is 0 Å². The smallest absolute Gasteiger partial charge is 0.481 e. The quantitative estimate of drug-likeness (QED) is 0.417. The van der Waals surface area contributed by atoms with Crippen molar-refractivity contribution in [1.29, 1.82) is 0 Å². The van der Waals surface area contributed by atoms with Crippen molar-refractivity contribution in [3.05, 3.63) is 11.6 Å². The number of hydrogen-bond acceptors (Lipinski definition) is 7. The molecule has 11 atom stereocenters. The molecule has 0 aromatic heterocycles. The molecule has 9 nitrogen and oxygen atoms in total. The topological polar surface area (TPSA) is 123 Å². The Kier molecular flexibility index (Phi) is 8.39. The molecule has 0 spiro atoms. The second-order valence-corrected chi connectivity index (χ2v) is 13.9. The number of likely N-dealkylation sites (N-methyl/N-ethyl adjacent to an activating group) is 1. The highest BCUT2D eigenvalue weighted by molar-refractivity contribution is 5.97. The zero-order valence-corrected chi connectivity index (χ0v) is 24.6. The van der Waals surface area contributed by atoms with Crippen LogP contribution in [0.4, 0.5) is 4.79 Å². The van der Waals surface area contributed by atoms with E-state index in [0.717, 1.165) is 37.7 Å². The Labute approximate surface area is 237 Å². The minimum absolute atomic E-state index is 0.00136. The van der Waals surface area contributed by atoms with Crippen molar-refractivity contribution in [2.24, 2.45) is 52.8 Å². The average molecular weight is 562 g/mol. The molecule has 3 saturated carbocycles. The predicted molar refractivity (Wildman–Crippen MR) is 147 cm³/mol. The molecule has 0 aromatic carbocycles. The summed E-state index contributed by atoms with van der Waals surface area (Å²) in [4.78, 5) is 40.3. The summed E-state index contributed by atoms with van der Waals surface area (Å²) in [5, 5.41) is 20.0. The van der Waals surface area contributed by atoms with Crippen molar-refractivity contribution < 1.29 is 38.8 Å². The van der Waals surface area contributed by atoms with Crippen LogP contribution in [-0.4, -0.2) is 85.2 Å². The number of ketones is 1. The Morgan fingerprint density at radius 2 is 1.88 bits per heavy atom. The number of carbonyl (C=O) groups excluding carboxylic acids is 1. The van der Waals surface area contributed by atoms with E-state index >= 15 is 0 Å². The third-order valence-corrected chi connectivity index (χ3v) is 11.1. The summed E-state index contributed by atoms with van der Waals surface area (Å²) in [6.45, 7) is 7.65. The zero-order chi connectivity index (χ0) is 28.9. The van der Waals surface area contributed by atoms with E-state index in [1.54, 1.807) is 6.08 Å². The molecule has 2 bridgehead atoms. The Hall–Kier alpha value is -1.97. The van der Waals surface area contributed by atoms with Crippen molar-refractivity contribution in [1.82, 2.24) is 4.90 Å². The van der Waals surface area contributed by atoms with E-state index in [9.17, 15) is 24.6 Å². The number of hydrogen-bond donors (Lipinski definition) is 2. The van der Waals surface area contributed by atoms with Crippen LogP contribution in [0.3, 0.4) is 0 Å². The molecule has 7 unspecified atom stereocenters. The molecular weight excluding hydrogens is 514 g/mol. The predicted octanol–water partition coefficient (Wildman–Crippen LogP) is 4.35. The summed E-state index contributed by atoms with van der Waals surface area (Å²) in [6, 6.07) is 0.154. The first-order valence-corrected chi connectivity index (χ1v) is 15.2. The van der Waals surface area contributed by atoms with Gasteiger partial charge in [-0.25, -0.2) is 4.79 Å². The Balaban J connectivity index is 1.48. The van der Waals surface area contributed by atoms with Crippen LogP contribution in [0.15, 0.2) is 11.6 Å². The first kappa shape index (κ1) is 29.5. The van der Waals surface area contributed by atoms with Gasteiger partial charge in [0, 0.05) is 23.3 Å². The maximum absolute atomic E-state index is 13.9. The molecule has 5 rings (SSSR count). The van der Waals surface area contributed by atoms with Crippen LogP contribution in [0.2, 0.25) is 0 Å². The van der Waals surface area contributed by atoms with Gasteiger partial charge in [-0.05, 0) is 95.2 Å². The van der Waals surface area contributed by atoms with Crippen molar-refractivity contribution >= 4 is 17.9 Å². The van der Waals surface area contributed by atoms with E-state index in [1.165, 1.54) is 0 Å². The van der Waals surface area contributed by atoms with E-state index in [0.29, 0.717) is 32.2 Å². The zero-order valence-electron chi connectivity index (χ0n) is 24.6. The molecule has 1 heterocycles. The number of fused-ring (bicyclic) bond motifs is 3. The van der Waals surface area contributed by atoms with Gasteiger partial charge in [0.25, 0.3) is 0 Å². The summed E-state index contributed by atoms with van der Waals surface area (Å²) in [5.74, 6) is -1.39. The van der Waals surface area contributed by atoms with Crippen molar-refractivity contribution in [3.63, 3.8) is 0 Å². The van der Waals surface area contributed by atoms with Gasteiger partial charge in [-0.3, -0.25) is 9.59 Å². The number of nitrogens with zero attached hydrogens (tertiary/aromatic N) is 1. The number of rotatable bonds is 8. The van der Waals surface area contributed by atoms with Crippen LogP contribution in [0.25, 0.3) is 0 Å². The van der Waals surface area contributed by atoms with Gasteiger partial charge < -0.3 is 29.3 Å². The Morgan fingerprint density at radius 3 is 2.52 bits per heavy atom. The van der Waals surface area contributed by atoms with Crippen LogP contribution in [0.5, 0.6) is 0 Å². The van der Waals surface area contributed by atoms with Crippen molar-refractivity contribution in [2.45, 2.75) is 77.5 Å². The second-order valence-electron chi connectivity index (χ2n) is 13.9. The number of allylic oxidation sites excluding steroid dienone is 1. The van der Waals surface area contributed by atoms with Gasteiger partial charge in [-0.2, -0.15) is 0 Å². The number of aliphatic carboxylic acids is 1. The van der Waals surface area contributed by atoms with Crippen LogP contribution >= 0.6 is 0 Å². The maximum atomic E-state index is 13.9. The number of ether oxygens (including phenoxy) is 3. The van der Waals surface area contributed by atoms with Gasteiger partial charge in [0.2, 0.25) is 0 Å². The first-order valence-electron chi connectivity index (χ1n) is 15.2. The summed E-state index contributed by atoms with van der Waals surface area (Å²) >= 11 is 0. The van der Waals surface area contributed by atoms with E-state index < -0.39 is 41.6 Å². The molecule has 0 aromatic rings. The molecule has 1 aliphatic heterocycles. The largest absolute Gasteiger partial charge is 0.506 e. The van der Waals surface area contributed by atoms with Crippen LogP contribution in [0.1, 0.15) is 59.3 Å². The molecule has 0 radical (unpaired) electrons. The van der Waals surface area contributed by atoms with Crippen molar-refractivity contribution in [3.8, 4) is 0 Å². The molecule has 40 heavy (non-hydrogen) atoms. The molecule has 224 valence electrons. The van der Waals surface area contributed by atoms with Gasteiger partial charge in [0.05, 0.1) is 31.8 Å². The normalized spacial score (nSPS) is 41.4. The van der Waals surface area contributed by atoms with E-state index in [2.05, 4.69) is 25.7 Å². The summed E-state index contributed by atoms with van der Waals surface area (Å²) in [7, 11) is 3.97. The van der Waals surface area contributed by atoms with E-state index in [4.69, 9.17) is 14.2 Å². The molecule has 5 aliphatic rings. The molecule has 2 N–H and O–H groups in total. The van der Waals surface area contributed by atoms with Gasteiger partial charge in [0.15, 0.2) is 5.78 Å². The minimum Gasteiger partial charge on any atom is -0.481 e. The lowest BCUT2D eigenvalue weighted by molar-refractivity contribution is -0.219. The van der Waals surface area contributed by atoms with Crippen molar-refractivity contribution in [2.75, 3.05) is 33.9 Å². The number of carboxylic acids is 1. The number of carbonyl (C=O) groups is 3. The van der Waals surface area contributed by atoms with Crippen LogP contribution in [-0.2, 0) is 23.8 Å².